The smallest absolute Gasteiger partial charge is 0.407 e. The number of carbonyl (C=O) groups excluding carboxylic acids is 1. The predicted molar refractivity (Wildman–Crippen MR) is 88.6 cm³/mol. The summed E-state index contributed by atoms with van der Waals surface area (Å²) in [4.78, 5) is 22.2. The highest BCUT2D eigenvalue weighted by atomic mass is 32.1. The van der Waals surface area contributed by atoms with Crippen molar-refractivity contribution in [3.63, 3.8) is 0 Å². The maximum absolute atomic E-state index is 11.9. The monoisotopic (exact) mass is 341 g/mol. The Morgan fingerprint density at radius 1 is 1.52 bits per heavy atom. The van der Waals surface area contributed by atoms with Crippen LogP contribution in [0.15, 0.2) is 11.4 Å². The number of hydrogen-bond donors (Lipinski definition) is 2. The fraction of sp³-hybridized carbons (Fsp3) is 0.667. The normalized spacial score (nSPS) is 16.0. The van der Waals surface area contributed by atoms with Gasteiger partial charge in [-0.05, 0) is 45.1 Å². The molecule has 1 amide bonds. The van der Waals surface area contributed by atoms with Crippen LogP contribution < -0.4 is 10.6 Å². The molecule has 128 valence electrons. The molecular weight excluding hydrogens is 318 g/mol. The molecule has 23 heavy (non-hydrogen) atoms. The molecule has 1 heterocycles. The van der Waals surface area contributed by atoms with Crippen LogP contribution in [0.2, 0.25) is 0 Å². The van der Waals surface area contributed by atoms with E-state index in [9.17, 15) is 14.9 Å². The SMILES string of the molecule is CC(C)(C)OC(=O)NC(CNCc1csc([N+](=O)[O-])c1)C1CC1. The molecule has 1 aliphatic rings. The van der Waals surface area contributed by atoms with Crippen molar-refractivity contribution >= 4 is 22.4 Å². The number of alkyl carbamates (subject to hydrolysis) is 1. The van der Waals surface area contributed by atoms with Gasteiger partial charge in [0.25, 0.3) is 0 Å². The molecular formula is C15H23N3O4S. The summed E-state index contributed by atoms with van der Waals surface area (Å²) in [7, 11) is 0. The van der Waals surface area contributed by atoms with Gasteiger partial charge in [0.2, 0.25) is 0 Å². The van der Waals surface area contributed by atoms with Crippen molar-refractivity contribution < 1.29 is 14.5 Å². The molecule has 2 rings (SSSR count). The molecule has 0 aliphatic heterocycles. The first-order valence-corrected chi connectivity index (χ1v) is 8.54. The fourth-order valence-electron chi connectivity index (χ4n) is 2.22. The average molecular weight is 341 g/mol. The zero-order chi connectivity index (χ0) is 17.0. The Balaban J connectivity index is 1.78. The van der Waals surface area contributed by atoms with Crippen molar-refractivity contribution in [1.29, 1.82) is 0 Å². The molecule has 1 fully saturated rings. The van der Waals surface area contributed by atoms with E-state index in [1.807, 2.05) is 20.8 Å². The maximum Gasteiger partial charge on any atom is 0.407 e. The minimum atomic E-state index is -0.513. The van der Waals surface area contributed by atoms with Crippen LogP contribution in [0.1, 0.15) is 39.2 Å². The molecule has 7 nitrogen and oxygen atoms in total. The molecule has 0 radical (unpaired) electrons. The predicted octanol–water partition coefficient (Wildman–Crippen LogP) is 3.05. The molecule has 1 aliphatic carbocycles. The Hall–Kier alpha value is -1.67. The van der Waals surface area contributed by atoms with Crippen molar-refractivity contribution in [2.45, 2.75) is 51.8 Å². The first-order valence-electron chi connectivity index (χ1n) is 7.66. The second-order valence-corrected chi connectivity index (χ2v) is 7.66. The van der Waals surface area contributed by atoms with Crippen molar-refractivity contribution in [2.24, 2.45) is 5.92 Å². The first kappa shape index (κ1) is 17.7. The van der Waals surface area contributed by atoms with E-state index in [0.29, 0.717) is 19.0 Å². The molecule has 2 N–H and O–H groups in total. The van der Waals surface area contributed by atoms with E-state index in [1.165, 1.54) is 0 Å². The molecule has 1 saturated carbocycles. The Morgan fingerprint density at radius 3 is 2.74 bits per heavy atom. The molecule has 1 unspecified atom stereocenters. The topological polar surface area (TPSA) is 93.5 Å². The zero-order valence-corrected chi connectivity index (χ0v) is 14.4. The van der Waals surface area contributed by atoms with Gasteiger partial charge in [0.1, 0.15) is 5.60 Å². The van der Waals surface area contributed by atoms with Gasteiger partial charge in [-0.2, -0.15) is 0 Å². The van der Waals surface area contributed by atoms with Crippen molar-refractivity contribution in [3.8, 4) is 0 Å². The summed E-state index contributed by atoms with van der Waals surface area (Å²) in [5.41, 5.74) is 0.370. The van der Waals surface area contributed by atoms with E-state index in [0.717, 1.165) is 29.7 Å². The lowest BCUT2D eigenvalue weighted by atomic mass is 10.2. The van der Waals surface area contributed by atoms with Crippen LogP contribution in [0.25, 0.3) is 0 Å². The summed E-state index contributed by atoms with van der Waals surface area (Å²) in [6.07, 6.45) is 1.81. The van der Waals surface area contributed by atoms with E-state index in [1.54, 1.807) is 11.4 Å². The largest absolute Gasteiger partial charge is 0.444 e. The Bertz CT molecular complexity index is 563. The van der Waals surface area contributed by atoms with Gasteiger partial charge >= 0.3 is 11.1 Å². The lowest BCUT2D eigenvalue weighted by Crippen LogP contribution is -2.45. The Labute approximate surface area is 139 Å². The second-order valence-electron chi connectivity index (χ2n) is 6.77. The number of nitrogens with zero attached hydrogens (tertiary/aromatic N) is 1. The number of hydrogen-bond acceptors (Lipinski definition) is 6. The number of nitro groups is 1. The third kappa shape index (κ3) is 6.15. The summed E-state index contributed by atoms with van der Waals surface area (Å²) in [5, 5.41) is 18.8. The number of ether oxygens (including phenoxy) is 1. The third-order valence-corrected chi connectivity index (χ3v) is 4.34. The minimum absolute atomic E-state index is 0.0264. The second kappa shape index (κ2) is 7.27. The highest BCUT2D eigenvalue weighted by molar-refractivity contribution is 7.13. The van der Waals surface area contributed by atoms with Gasteiger partial charge in [0, 0.05) is 30.6 Å². The summed E-state index contributed by atoms with van der Waals surface area (Å²) in [6.45, 7) is 6.67. The van der Waals surface area contributed by atoms with Crippen molar-refractivity contribution in [3.05, 3.63) is 27.1 Å². The maximum atomic E-state index is 11.9. The van der Waals surface area contributed by atoms with Crippen LogP contribution in [0.4, 0.5) is 9.80 Å². The zero-order valence-electron chi connectivity index (χ0n) is 13.6. The number of rotatable bonds is 7. The van der Waals surface area contributed by atoms with Crippen LogP contribution >= 0.6 is 11.3 Å². The molecule has 0 bridgehead atoms. The Morgan fingerprint density at radius 2 is 2.22 bits per heavy atom. The number of carbonyl (C=O) groups is 1. The fourth-order valence-corrected chi connectivity index (χ4v) is 2.95. The van der Waals surface area contributed by atoms with Crippen LogP contribution in [-0.4, -0.2) is 29.2 Å². The van der Waals surface area contributed by atoms with Crippen molar-refractivity contribution in [2.75, 3.05) is 6.54 Å². The standard InChI is InChI=1S/C15H23N3O4S/c1-15(2,3)22-14(19)17-12(11-4-5-11)8-16-7-10-6-13(18(20)21)23-9-10/h6,9,11-12,16H,4-5,7-8H2,1-3H3,(H,17,19). The van der Waals surface area contributed by atoms with Crippen LogP contribution in [-0.2, 0) is 11.3 Å². The molecule has 1 aromatic rings. The lowest BCUT2D eigenvalue weighted by Gasteiger charge is -2.23. The van der Waals surface area contributed by atoms with Gasteiger partial charge in [-0.3, -0.25) is 10.1 Å². The first-order chi connectivity index (χ1) is 10.7. The summed E-state index contributed by atoms with van der Waals surface area (Å²) in [6, 6.07) is 1.60. The molecule has 1 aromatic heterocycles. The Kier molecular flexibility index (Phi) is 5.59. The lowest BCUT2D eigenvalue weighted by molar-refractivity contribution is -0.380. The van der Waals surface area contributed by atoms with Gasteiger partial charge in [0.15, 0.2) is 0 Å². The number of nitrogens with one attached hydrogen (secondary N) is 2. The van der Waals surface area contributed by atoms with Gasteiger partial charge in [-0.1, -0.05) is 11.3 Å². The number of amides is 1. The highest BCUT2D eigenvalue weighted by Crippen LogP contribution is 2.32. The van der Waals surface area contributed by atoms with Gasteiger partial charge in [0.05, 0.1) is 4.92 Å². The summed E-state index contributed by atoms with van der Waals surface area (Å²) in [5.74, 6) is 0.479. The van der Waals surface area contributed by atoms with E-state index >= 15 is 0 Å². The summed E-state index contributed by atoms with van der Waals surface area (Å²) >= 11 is 1.12. The summed E-state index contributed by atoms with van der Waals surface area (Å²) < 4.78 is 5.29. The van der Waals surface area contributed by atoms with E-state index in [-0.39, 0.29) is 16.0 Å². The average Bonchev–Trinajstić information content (AvgIpc) is 3.14. The number of thiophene rings is 1. The quantitative estimate of drug-likeness (QED) is 0.587. The van der Waals surface area contributed by atoms with Gasteiger partial charge in [-0.15, -0.1) is 0 Å². The highest BCUT2D eigenvalue weighted by Gasteiger charge is 2.33. The molecule has 1 atom stereocenters. The molecule has 0 saturated heterocycles. The minimum Gasteiger partial charge on any atom is -0.444 e. The van der Waals surface area contributed by atoms with Crippen LogP contribution in [0.3, 0.4) is 0 Å². The van der Waals surface area contributed by atoms with Gasteiger partial charge < -0.3 is 15.4 Å². The van der Waals surface area contributed by atoms with E-state index < -0.39 is 11.7 Å². The van der Waals surface area contributed by atoms with E-state index in [2.05, 4.69) is 10.6 Å². The third-order valence-electron chi connectivity index (χ3n) is 3.41. The molecule has 0 spiro atoms. The van der Waals surface area contributed by atoms with Crippen LogP contribution in [0.5, 0.6) is 0 Å². The molecule has 0 aromatic carbocycles. The van der Waals surface area contributed by atoms with E-state index in [4.69, 9.17) is 4.74 Å². The van der Waals surface area contributed by atoms with Crippen molar-refractivity contribution in [1.82, 2.24) is 10.6 Å². The molecule has 8 heteroatoms. The van der Waals surface area contributed by atoms with Gasteiger partial charge in [-0.25, -0.2) is 4.79 Å². The van der Waals surface area contributed by atoms with Crippen LogP contribution in [0, 0.1) is 16.0 Å².